The maximum Gasteiger partial charge on any atom is 0.152 e. The van der Waals surface area contributed by atoms with Gasteiger partial charge >= 0.3 is 0 Å². The van der Waals surface area contributed by atoms with E-state index in [4.69, 9.17) is 16.6 Å². The average Bonchev–Trinajstić information content (AvgIpc) is 2.25. The topological polar surface area (TPSA) is 89.9 Å². The van der Waals surface area contributed by atoms with Crippen LogP contribution in [-0.2, 0) is 0 Å². The molecule has 5 heteroatoms. The molecule has 0 unspecified atom stereocenters. The van der Waals surface area contributed by atoms with Crippen LogP contribution >= 0.6 is 0 Å². The summed E-state index contributed by atoms with van der Waals surface area (Å²) >= 11 is 0. The summed E-state index contributed by atoms with van der Waals surface area (Å²) in [6.07, 6.45) is 2.68. The Labute approximate surface area is 88.3 Å². The summed E-state index contributed by atoms with van der Waals surface area (Å²) in [7, 11) is 0. The van der Waals surface area contributed by atoms with Crippen molar-refractivity contribution in [3.63, 3.8) is 0 Å². The molecule has 0 aromatic carbocycles. The quantitative estimate of drug-likeness (QED) is 0.388. The predicted molar refractivity (Wildman–Crippen MR) is 61.2 cm³/mol. The number of amidine groups is 1. The lowest BCUT2D eigenvalue weighted by molar-refractivity contribution is 0.689. The minimum atomic E-state index is 0.136. The van der Waals surface area contributed by atoms with Gasteiger partial charge in [0.05, 0.1) is 6.34 Å². The van der Waals surface area contributed by atoms with Gasteiger partial charge in [-0.2, -0.15) is 0 Å². The molecule has 0 amide bonds. The van der Waals surface area contributed by atoms with Crippen LogP contribution in [0.15, 0.2) is 30.9 Å². The van der Waals surface area contributed by atoms with Crippen LogP contribution in [0.25, 0.3) is 0 Å². The van der Waals surface area contributed by atoms with E-state index in [0.717, 1.165) is 6.34 Å². The SMILES string of the molecule is C=CCN(C=N)C(=N)c1cccc(N)n1. The molecule has 0 fully saturated rings. The normalized spacial score (nSPS) is 9.33. The van der Waals surface area contributed by atoms with E-state index >= 15 is 0 Å². The third-order valence-corrected chi connectivity index (χ3v) is 1.78. The number of pyridine rings is 1. The number of rotatable bonds is 4. The predicted octanol–water partition coefficient (Wildman–Crippen LogP) is 1.08. The van der Waals surface area contributed by atoms with Crippen LogP contribution in [0.2, 0.25) is 0 Å². The third kappa shape index (κ3) is 2.63. The highest BCUT2D eigenvalue weighted by Crippen LogP contribution is 2.03. The highest BCUT2D eigenvalue weighted by molar-refractivity contribution is 6.00. The smallest absolute Gasteiger partial charge is 0.152 e. The lowest BCUT2D eigenvalue weighted by atomic mass is 10.3. The van der Waals surface area contributed by atoms with Crippen LogP contribution in [0.1, 0.15) is 5.69 Å². The standard InChI is InChI=1S/C10H13N5/c1-2-6-15(7-11)10(13)8-4-3-5-9(12)14-8/h2-5,7,11,13H,1,6H2,(H2,12,14). The Bertz CT molecular complexity index is 385. The molecule has 1 rings (SSSR count). The second-order valence-corrected chi connectivity index (χ2v) is 2.87. The zero-order chi connectivity index (χ0) is 11.3. The fraction of sp³-hybridized carbons (Fsp3) is 0.100. The van der Waals surface area contributed by atoms with Crippen LogP contribution in [0.4, 0.5) is 5.82 Å². The Kier molecular flexibility index (Phi) is 3.56. The maximum absolute atomic E-state index is 7.80. The monoisotopic (exact) mass is 203 g/mol. The van der Waals surface area contributed by atoms with Gasteiger partial charge in [-0.3, -0.25) is 10.8 Å². The van der Waals surface area contributed by atoms with Crippen molar-refractivity contribution >= 4 is 18.0 Å². The molecule has 78 valence electrons. The first-order valence-electron chi connectivity index (χ1n) is 4.38. The van der Waals surface area contributed by atoms with Crippen LogP contribution < -0.4 is 5.73 Å². The molecule has 1 aromatic rings. The molecule has 1 heterocycles. The molecular formula is C10H13N5. The molecule has 0 saturated carbocycles. The first kappa shape index (κ1) is 10.9. The molecule has 0 aliphatic rings. The number of anilines is 1. The van der Waals surface area contributed by atoms with Crippen molar-refractivity contribution in [3.05, 3.63) is 36.5 Å². The number of hydrogen-bond donors (Lipinski definition) is 3. The van der Waals surface area contributed by atoms with Crippen molar-refractivity contribution in [3.8, 4) is 0 Å². The van der Waals surface area contributed by atoms with Crippen LogP contribution in [0.5, 0.6) is 0 Å². The van der Waals surface area contributed by atoms with Gasteiger partial charge in [0, 0.05) is 6.54 Å². The van der Waals surface area contributed by atoms with Gasteiger partial charge in [0.15, 0.2) is 5.84 Å². The van der Waals surface area contributed by atoms with E-state index in [1.165, 1.54) is 4.90 Å². The number of nitrogens with zero attached hydrogens (tertiary/aromatic N) is 2. The van der Waals surface area contributed by atoms with Crippen molar-refractivity contribution in [2.45, 2.75) is 0 Å². The maximum atomic E-state index is 7.80. The molecule has 0 aliphatic heterocycles. The Morgan fingerprint density at radius 3 is 2.87 bits per heavy atom. The largest absolute Gasteiger partial charge is 0.384 e. The van der Waals surface area contributed by atoms with Gasteiger partial charge in [-0.25, -0.2) is 4.98 Å². The number of nitrogens with one attached hydrogen (secondary N) is 2. The summed E-state index contributed by atoms with van der Waals surface area (Å²) in [6, 6.07) is 5.06. The van der Waals surface area contributed by atoms with E-state index in [-0.39, 0.29) is 5.84 Å². The van der Waals surface area contributed by atoms with E-state index in [1.807, 2.05) is 0 Å². The molecule has 15 heavy (non-hydrogen) atoms. The molecule has 1 aromatic heterocycles. The van der Waals surface area contributed by atoms with Gasteiger partial charge in [0.25, 0.3) is 0 Å². The van der Waals surface area contributed by atoms with E-state index in [0.29, 0.717) is 18.1 Å². The zero-order valence-corrected chi connectivity index (χ0v) is 8.27. The zero-order valence-electron chi connectivity index (χ0n) is 8.27. The number of nitrogen functional groups attached to an aromatic ring is 1. The first-order chi connectivity index (χ1) is 7.19. The summed E-state index contributed by atoms with van der Waals surface area (Å²) in [4.78, 5) is 5.41. The minimum Gasteiger partial charge on any atom is -0.384 e. The number of aromatic nitrogens is 1. The number of hydrogen-bond acceptors (Lipinski definition) is 4. The van der Waals surface area contributed by atoms with E-state index in [1.54, 1.807) is 24.3 Å². The Morgan fingerprint density at radius 1 is 1.60 bits per heavy atom. The van der Waals surface area contributed by atoms with Crippen molar-refractivity contribution in [1.82, 2.24) is 9.88 Å². The second kappa shape index (κ2) is 4.90. The summed E-state index contributed by atoms with van der Waals surface area (Å²) in [5.74, 6) is 0.498. The summed E-state index contributed by atoms with van der Waals surface area (Å²) in [5.41, 5.74) is 5.95. The Hall–Kier alpha value is -2.17. The average molecular weight is 203 g/mol. The summed E-state index contributed by atoms with van der Waals surface area (Å²) in [6.45, 7) is 3.96. The molecule has 4 N–H and O–H groups in total. The summed E-state index contributed by atoms with van der Waals surface area (Å²) in [5, 5.41) is 14.9. The van der Waals surface area contributed by atoms with Gasteiger partial charge in [-0.15, -0.1) is 6.58 Å². The molecule has 0 radical (unpaired) electrons. The lowest BCUT2D eigenvalue weighted by Crippen LogP contribution is -2.30. The number of nitrogens with two attached hydrogens (primary N) is 1. The molecule has 0 bridgehead atoms. The van der Waals surface area contributed by atoms with E-state index in [2.05, 4.69) is 11.6 Å². The van der Waals surface area contributed by atoms with Crippen LogP contribution in [-0.4, -0.2) is 28.6 Å². The van der Waals surface area contributed by atoms with E-state index < -0.39 is 0 Å². The van der Waals surface area contributed by atoms with Crippen LogP contribution in [0, 0.1) is 10.8 Å². The fourth-order valence-corrected chi connectivity index (χ4v) is 1.08. The van der Waals surface area contributed by atoms with Gasteiger partial charge < -0.3 is 10.6 Å². The minimum absolute atomic E-state index is 0.136. The lowest BCUT2D eigenvalue weighted by Gasteiger charge is -2.16. The third-order valence-electron chi connectivity index (χ3n) is 1.78. The van der Waals surface area contributed by atoms with Crippen molar-refractivity contribution < 1.29 is 0 Å². The van der Waals surface area contributed by atoms with Gasteiger partial charge in [0.1, 0.15) is 11.5 Å². The van der Waals surface area contributed by atoms with E-state index in [9.17, 15) is 0 Å². The highest BCUT2D eigenvalue weighted by atomic mass is 15.2. The first-order valence-corrected chi connectivity index (χ1v) is 4.38. The molecule has 0 aliphatic carbocycles. The Balaban J connectivity index is 2.92. The molecule has 0 saturated heterocycles. The van der Waals surface area contributed by atoms with Gasteiger partial charge in [-0.05, 0) is 12.1 Å². The van der Waals surface area contributed by atoms with Gasteiger partial charge in [-0.1, -0.05) is 12.1 Å². The second-order valence-electron chi connectivity index (χ2n) is 2.87. The molecule has 0 atom stereocenters. The van der Waals surface area contributed by atoms with Crippen LogP contribution in [0.3, 0.4) is 0 Å². The molecule has 5 nitrogen and oxygen atoms in total. The fourth-order valence-electron chi connectivity index (χ4n) is 1.08. The van der Waals surface area contributed by atoms with Crippen molar-refractivity contribution in [1.29, 1.82) is 10.8 Å². The van der Waals surface area contributed by atoms with Gasteiger partial charge in [0.2, 0.25) is 0 Å². The Morgan fingerprint density at radius 2 is 2.33 bits per heavy atom. The summed E-state index contributed by atoms with van der Waals surface area (Å²) < 4.78 is 0. The van der Waals surface area contributed by atoms with Crippen molar-refractivity contribution in [2.24, 2.45) is 0 Å². The molecular weight excluding hydrogens is 190 g/mol. The highest BCUT2D eigenvalue weighted by Gasteiger charge is 2.09. The van der Waals surface area contributed by atoms with Crippen molar-refractivity contribution in [2.75, 3.05) is 12.3 Å². The molecule has 0 spiro atoms.